The van der Waals surface area contributed by atoms with Crippen LogP contribution in [0, 0.1) is 0 Å². The molecule has 126 valence electrons. The Bertz CT molecular complexity index is 688. The number of nitrogens with zero attached hydrogens (tertiary/aromatic N) is 2. The number of hydrogen-bond donors (Lipinski definition) is 0. The Kier molecular flexibility index (Phi) is 5.31. The van der Waals surface area contributed by atoms with Crippen molar-refractivity contribution in [2.24, 2.45) is 0 Å². The van der Waals surface area contributed by atoms with Crippen LogP contribution in [-0.4, -0.2) is 35.5 Å². The van der Waals surface area contributed by atoms with Crippen LogP contribution in [0.25, 0.3) is 0 Å². The third-order valence-corrected chi connectivity index (χ3v) is 3.98. The van der Waals surface area contributed by atoms with Crippen molar-refractivity contribution in [3.8, 4) is 11.5 Å². The molecule has 0 saturated heterocycles. The molecule has 0 aliphatic carbocycles. The van der Waals surface area contributed by atoms with Crippen molar-refractivity contribution < 1.29 is 14.3 Å². The van der Waals surface area contributed by atoms with Gasteiger partial charge in [0.05, 0.1) is 0 Å². The summed E-state index contributed by atoms with van der Waals surface area (Å²) in [7, 11) is 0. The molecule has 1 amide bonds. The molecule has 1 aliphatic heterocycles. The minimum Gasteiger partial charge on any atom is -0.486 e. The minimum absolute atomic E-state index is 0.0113. The molecule has 0 radical (unpaired) electrons. The minimum atomic E-state index is 0.0113. The highest BCUT2D eigenvalue weighted by Gasteiger charge is 2.19. The lowest BCUT2D eigenvalue weighted by Gasteiger charge is -2.24. The quantitative estimate of drug-likeness (QED) is 0.817. The van der Waals surface area contributed by atoms with Gasteiger partial charge < -0.3 is 14.4 Å². The summed E-state index contributed by atoms with van der Waals surface area (Å²) >= 11 is 0. The van der Waals surface area contributed by atoms with Crippen LogP contribution in [-0.2, 0) is 6.54 Å². The SMILES string of the molecule is CCCCN(Cc1ccncc1)C(=O)c1ccc2c(c1)OCCO2. The van der Waals surface area contributed by atoms with Crippen LogP contribution in [0.2, 0.25) is 0 Å². The summed E-state index contributed by atoms with van der Waals surface area (Å²) in [4.78, 5) is 18.9. The first-order chi connectivity index (χ1) is 11.8. The van der Waals surface area contributed by atoms with Crippen LogP contribution in [0.1, 0.15) is 35.7 Å². The lowest BCUT2D eigenvalue weighted by atomic mass is 10.1. The van der Waals surface area contributed by atoms with Crippen molar-refractivity contribution in [1.82, 2.24) is 9.88 Å². The third kappa shape index (κ3) is 3.85. The molecule has 5 nitrogen and oxygen atoms in total. The van der Waals surface area contributed by atoms with E-state index in [1.807, 2.05) is 23.1 Å². The lowest BCUT2D eigenvalue weighted by Crippen LogP contribution is -2.31. The van der Waals surface area contributed by atoms with Gasteiger partial charge in [-0.3, -0.25) is 9.78 Å². The second-order valence-corrected chi connectivity index (χ2v) is 5.79. The highest BCUT2D eigenvalue weighted by Crippen LogP contribution is 2.31. The third-order valence-electron chi connectivity index (χ3n) is 3.98. The van der Waals surface area contributed by atoms with Crippen molar-refractivity contribution in [2.75, 3.05) is 19.8 Å². The summed E-state index contributed by atoms with van der Waals surface area (Å²) in [6, 6.07) is 9.28. The molecule has 0 fully saturated rings. The van der Waals surface area contributed by atoms with E-state index >= 15 is 0 Å². The zero-order valence-electron chi connectivity index (χ0n) is 13.9. The van der Waals surface area contributed by atoms with E-state index in [4.69, 9.17) is 9.47 Å². The van der Waals surface area contributed by atoms with Crippen LogP contribution >= 0.6 is 0 Å². The number of amides is 1. The van der Waals surface area contributed by atoms with E-state index in [1.165, 1.54) is 0 Å². The van der Waals surface area contributed by atoms with Gasteiger partial charge in [0.1, 0.15) is 13.2 Å². The number of pyridine rings is 1. The Morgan fingerprint density at radius 1 is 1.12 bits per heavy atom. The number of unbranched alkanes of at least 4 members (excludes halogenated alkanes) is 1. The van der Waals surface area contributed by atoms with E-state index < -0.39 is 0 Å². The molecule has 0 unspecified atom stereocenters. The van der Waals surface area contributed by atoms with Gasteiger partial charge in [-0.2, -0.15) is 0 Å². The maximum absolute atomic E-state index is 13.0. The van der Waals surface area contributed by atoms with Gasteiger partial charge in [0, 0.05) is 31.0 Å². The first kappa shape index (κ1) is 16.3. The largest absolute Gasteiger partial charge is 0.486 e. The molecule has 5 heteroatoms. The van der Waals surface area contributed by atoms with Gasteiger partial charge in [-0.05, 0) is 42.3 Å². The molecule has 1 aromatic heterocycles. The normalized spacial score (nSPS) is 12.7. The fourth-order valence-corrected chi connectivity index (χ4v) is 2.67. The van der Waals surface area contributed by atoms with Crippen molar-refractivity contribution in [2.45, 2.75) is 26.3 Å². The van der Waals surface area contributed by atoms with Gasteiger partial charge >= 0.3 is 0 Å². The Morgan fingerprint density at radius 3 is 2.62 bits per heavy atom. The second kappa shape index (κ2) is 7.81. The zero-order valence-corrected chi connectivity index (χ0v) is 13.9. The number of carbonyl (C=O) groups is 1. The molecule has 2 aromatic rings. The predicted octanol–water partition coefficient (Wildman–Crippen LogP) is 3.30. The first-order valence-corrected chi connectivity index (χ1v) is 8.35. The summed E-state index contributed by atoms with van der Waals surface area (Å²) in [6.07, 6.45) is 5.52. The van der Waals surface area contributed by atoms with Crippen LogP contribution in [0.15, 0.2) is 42.7 Å². The predicted molar refractivity (Wildman–Crippen MR) is 91.3 cm³/mol. The lowest BCUT2D eigenvalue weighted by molar-refractivity contribution is 0.0739. The average Bonchev–Trinajstić information content (AvgIpc) is 2.65. The summed E-state index contributed by atoms with van der Waals surface area (Å²) in [5.74, 6) is 1.36. The zero-order chi connectivity index (χ0) is 16.8. The highest BCUT2D eigenvalue weighted by molar-refractivity contribution is 5.95. The number of benzene rings is 1. The van der Waals surface area contributed by atoms with E-state index in [-0.39, 0.29) is 5.91 Å². The van der Waals surface area contributed by atoms with E-state index in [0.717, 1.165) is 24.9 Å². The van der Waals surface area contributed by atoms with Gasteiger partial charge in [-0.1, -0.05) is 13.3 Å². The molecule has 24 heavy (non-hydrogen) atoms. The Hall–Kier alpha value is -2.56. The van der Waals surface area contributed by atoms with Gasteiger partial charge in [0.25, 0.3) is 5.91 Å². The van der Waals surface area contributed by atoms with E-state index in [0.29, 0.717) is 36.8 Å². The van der Waals surface area contributed by atoms with Gasteiger partial charge in [-0.15, -0.1) is 0 Å². The van der Waals surface area contributed by atoms with Gasteiger partial charge in [0.15, 0.2) is 11.5 Å². The molecule has 0 N–H and O–H groups in total. The molecule has 1 aliphatic rings. The summed E-state index contributed by atoms with van der Waals surface area (Å²) in [6.45, 7) is 4.49. The number of ether oxygens (including phenoxy) is 2. The van der Waals surface area contributed by atoms with Gasteiger partial charge in [0.2, 0.25) is 0 Å². The van der Waals surface area contributed by atoms with Crippen LogP contribution in [0.5, 0.6) is 11.5 Å². The smallest absolute Gasteiger partial charge is 0.254 e. The van der Waals surface area contributed by atoms with Crippen LogP contribution < -0.4 is 9.47 Å². The van der Waals surface area contributed by atoms with Crippen molar-refractivity contribution >= 4 is 5.91 Å². The number of fused-ring (bicyclic) bond motifs is 1. The molecular weight excluding hydrogens is 304 g/mol. The molecular formula is C19H22N2O3. The molecule has 0 spiro atoms. The van der Waals surface area contributed by atoms with Crippen molar-refractivity contribution in [3.63, 3.8) is 0 Å². The van der Waals surface area contributed by atoms with E-state index in [9.17, 15) is 4.79 Å². The second-order valence-electron chi connectivity index (χ2n) is 5.79. The fraction of sp³-hybridized carbons (Fsp3) is 0.368. The maximum Gasteiger partial charge on any atom is 0.254 e. The molecule has 1 aromatic carbocycles. The molecule has 0 saturated carbocycles. The fourth-order valence-electron chi connectivity index (χ4n) is 2.67. The summed E-state index contributed by atoms with van der Waals surface area (Å²) in [5.41, 5.74) is 1.71. The van der Waals surface area contributed by atoms with Gasteiger partial charge in [-0.25, -0.2) is 0 Å². The number of hydrogen-bond acceptors (Lipinski definition) is 4. The topological polar surface area (TPSA) is 51.7 Å². The maximum atomic E-state index is 13.0. The Balaban J connectivity index is 1.79. The van der Waals surface area contributed by atoms with Crippen LogP contribution in [0.4, 0.5) is 0 Å². The monoisotopic (exact) mass is 326 g/mol. The summed E-state index contributed by atoms with van der Waals surface area (Å²) < 4.78 is 11.1. The molecule has 3 rings (SSSR count). The Morgan fingerprint density at radius 2 is 1.88 bits per heavy atom. The highest BCUT2D eigenvalue weighted by atomic mass is 16.6. The molecule has 0 bridgehead atoms. The molecule has 0 atom stereocenters. The molecule has 2 heterocycles. The van der Waals surface area contributed by atoms with Crippen LogP contribution in [0.3, 0.4) is 0 Å². The number of carbonyl (C=O) groups excluding carboxylic acids is 1. The number of aromatic nitrogens is 1. The first-order valence-electron chi connectivity index (χ1n) is 8.35. The standard InChI is InChI=1S/C19H22N2O3/c1-2-3-10-21(14-15-6-8-20-9-7-15)19(22)16-4-5-17-18(13-16)24-12-11-23-17/h4-9,13H,2-3,10-12,14H2,1H3. The van der Waals surface area contributed by atoms with Crippen molar-refractivity contribution in [1.29, 1.82) is 0 Å². The number of rotatable bonds is 6. The van der Waals surface area contributed by atoms with E-state index in [2.05, 4.69) is 11.9 Å². The summed E-state index contributed by atoms with van der Waals surface area (Å²) in [5, 5.41) is 0. The average molecular weight is 326 g/mol. The Labute approximate surface area is 142 Å². The van der Waals surface area contributed by atoms with Crippen molar-refractivity contribution in [3.05, 3.63) is 53.9 Å². The van der Waals surface area contributed by atoms with E-state index in [1.54, 1.807) is 24.5 Å².